The standard InChI is InChI=1S/C13H13N5/c14-8-11-9-18-13(16-11)7-6-12(17-18)15-10-4-2-1-3-5-10/h1-7,9H,8,14H2,(H,15,17). The molecule has 0 fully saturated rings. The second-order valence-corrected chi connectivity index (χ2v) is 3.95. The lowest BCUT2D eigenvalue weighted by Gasteiger charge is -2.04. The van der Waals surface area contributed by atoms with E-state index in [2.05, 4.69) is 15.4 Å². The summed E-state index contributed by atoms with van der Waals surface area (Å²) in [6.45, 7) is 0.421. The Morgan fingerprint density at radius 3 is 2.72 bits per heavy atom. The summed E-state index contributed by atoms with van der Waals surface area (Å²) >= 11 is 0. The number of hydrogen-bond acceptors (Lipinski definition) is 4. The summed E-state index contributed by atoms with van der Waals surface area (Å²) in [4.78, 5) is 4.33. The average Bonchev–Trinajstić information content (AvgIpc) is 2.82. The summed E-state index contributed by atoms with van der Waals surface area (Å²) in [6.07, 6.45) is 1.84. The van der Waals surface area contributed by atoms with Gasteiger partial charge in [-0.15, -0.1) is 5.10 Å². The zero-order valence-corrected chi connectivity index (χ0v) is 9.74. The zero-order chi connectivity index (χ0) is 12.4. The smallest absolute Gasteiger partial charge is 0.153 e. The molecule has 3 aromatic rings. The topological polar surface area (TPSA) is 68.2 Å². The summed E-state index contributed by atoms with van der Waals surface area (Å²) in [5.74, 6) is 0.773. The van der Waals surface area contributed by atoms with Gasteiger partial charge in [0.15, 0.2) is 11.5 Å². The predicted molar refractivity (Wildman–Crippen MR) is 70.6 cm³/mol. The minimum absolute atomic E-state index is 0.421. The van der Waals surface area contributed by atoms with Gasteiger partial charge in [-0.05, 0) is 24.3 Å². The number of benzene rings is 1. The van der Waals surface area contributed by atoms with Crippen LogP contribution in [0.2, 0.25) is 0 Å². The lowest BCUT2D eigenvalue weighted by Crippen LogP contribution is -1.98. The van der Waals surface area contributed by atoms with Crippen LogP contribution in [0.15, 0.2) is 48.7 Å². The SMILES string of the molecule is NCc1cn2nc(Nc3ccccc3)ccc2n1. The van der Waals surface area contributed by atoms with Crippen molar-refractivity contribution in [1.29, 1.82) is 0 Å². The summed E-state index contributed by atoms with van der Waals surface area (Å²) in [5.41, 5.74) is 8.19. The van der Waals surface area contributed by atoms with Gasteiger partial charge in [0.1, 0.15) is 0 Å². The molecule has 18 heavy (non-hydrogen) atoms. The third kappa shape index (κ3) is 2.03. The fourth-order valence-electron chi connectivity index (χ4n) is 1.77. The van der Waals surface area contributed by atoms with Crippen LogP contribution in [0.1, 0.15) is 5.69 Å². The van der Waals surface area contributed by atoms with E-state index in [0.29, 0.717) is 6.54 Å². The molecule has 0 unspecified atom stereocenters. The van der Waals surface area contributed by atoms with E-state index in [4.69, 9.17) is 5.73 Å². The fraction of sp³-hybridized carbons (Fsp3) is 0.0769. The van der Waals surface area contributed by atoms with Crippen LogP contribution in [0, 0.1) is 0 Å². The van der Waals surface area contributed by atoms with Gasteiger partial charge >= 0.3 is 0 Å². The van der Waals surface area contributed by atoms with Crippen molar-refractivity contribution in [3.8, 4) is 0 Å². The van der Waals surface area contributed by atoms with Crippen molar-refractivity contribution in [2.24, 2.45) is 5.73 Å². The van der Waals surface area contributed by atoms with Crippen molar-refractivity contribution in [3.05, 3.63) is 54.4 Å². The Kier molecular flexibility index (Phi) is 2.66. The monoisotopic (exact) mass is 239 g/mol. The molecular weight excluding hydrogens is 226 g/mol. The molecule has 0 saturated heterocycles. The molecule has 0 saturated carbocycles. The van der Waals surface area contributed by atoms with Gasteiger partial charge in [0.25, 0.3) is 0 Å². The number of fused-ring (bicyclic) bond motifs is 1. The van der Waals surface area contributed by atoms with Crippen LogP contribution in [0.3, 0.4) is 0 Å². The molecule has 0 aliphatic heterocycles. The highest BCUT2D eigenvalue weighted by molar-refractivity contribution is 5.56. The zero-order valence-electron chi connectivity index (χ0n) is 9.74. The molecule has 90 valence electrons. The van der Waals surface area contributed by atoms with E-state index in [-0.39, 0.29) is 0 Å². The summed E-state index contributed by atoms with van der Waals surface area (Å²) in [5, 5.41) is 7.66. The van der Waals surface area contributed by atoms with Crippen LogP contribution in [-0.2, 0) is 6.54 Å². The molecule has 5 heteroatoms. The van der Waals surface area contributed by atoms with Gasteiger partial charge in [0.05, 0.1) is 11.9 Å². The van der Waals surface area contributed by atoms with Crippen LogP contribution < -0.4 is 11.1 Å². The fourth-order valence-corrected chi connectivity index (χ4v) is 1.77. The number of nitrogens with zero attached hydrogens (tertiary/aromatic N) is 3. The van der Waals surface area contributed by atoms with Gasteiger partial charge in [-0.25, -0.2) is 9.50 Å². The normalized spacial score (nSPS) is 10.7. The number of anilines is 2. The Morgan fingerprint density at radius 2 is 1.94 bits per heavy atom. The van der Waals surface area contributed by atoms with Crippen molar-refractivity contribution in [3.63, 3.8) is 0 Å². The van der Waals surface area contributed by atoms with Gasteiger partial charge in [-0.2, -0.15) is 0 Å². The minimum Gasteiger partial charge on any atom is -0.339 e. The molecule has 3 N–H and O–H groups in total. The first-order chi connectivity index (χ1) is 8.85. The van der Waals surface area contributed by atoms with Crippen LogP contribution in [0.4, 0.5) is 11.5 Å². The molecule has 0 spiro atoms. The van der Waals surface area contributed by atoms with E-state index in [1.165, 1.54) is 0 Å². The van der Waals surface area contributed by atoms with E-state index < -0.39 is 0 Å². The summed E-state index contributed by atoms with van der Waals surface area (Å²) in [6, 6.07) is 13.7. The van der Waals surface area contributed by atoms with Gasteiger partial charge < -0.3 is 11.1 Å². The van der Waals surface area contributed by atoms with Gasteiger partial charge in [-0.1, -0.05) is 18.2 Å². The highest BCUT2D eigenvalue weighted by Gasteiger charge is 2.02. The number of aromatic nitrogens is 3. The number of nitrogens with one attached hydrogen (secondary N) is 1. The molecule has 2 heterocycles. The molecule has 0 atom stereocenters. The molecule has 5 nitrogen and oxygen atoms in total. The number of hydrogen-bond donors (Lipinski definition) is 2. The van der Waals surface area contributed by atoms with Crippen LogP contribution in [0.25, 0.3) is 5.65 Å². The number of para-hydroxylation sites is 1. The number of imidazole rings is 1. The first-order valence-corrected chi connectivity index (χ1v) is 5.72. The maximum Gasteiger partial charge on any atom is 0.153 e. The highest BCUT2D eigenvalue weighted by Crippen LogP contribution is 2.14. The largest absolute Gasteiger partial charge is 0.339 e. The molecule has 3 rings (SSSR count). The maximum atomic E-state index is 5.56. The van der Waals surface area contributed by atoms with Crippen molar-refractivity contribution >= 4 is 17.2 Å². The predicted octanol–water partition coefficient (Wildman–Crippen LogP) is 1.93. The highest BCUT2D eigenvalue weighted by atomic mass is 15.3. The Bertz CT molecular complexity index is 659. The van der Waals surface area contributed by atoms with Crippen LogP contribution in [0.5, 0.6) is 0 Å². The van der Waals surface area contributed by atoms with E-state index in [0.717, 1.165) is 22.8 Å². The Hall–Kier alpha value is -2.40. The van der Waals surface area contributed by atoms with Gasteiger partial charge in [-0.3, -0.25) is 0 Å². The van der Waals surface area contributed by atoms with Crippen molar-refractivity contribution in [1.82, 2.24) is 14.6 Å². The minimum atomic E-state index is 0.421. The van der Waals surface area contributed by atoms with Gasteiger partial charge in [0.2, 0.25) is 0 Å². The van der Waals surface area contributed by atoms with Gasteiger partial charge in [0, 0.05) is 12.2 Å². The van der Waals surface area contributed by atoms with Crippen LogP contribution in [-0.4, -0.2) is 14.6 Å². The molecule has 0 radical (unpaired) electrons. The first-order valence-electron chi connectivity index (χ1n) is 5.72. The quantitative estimate of drug-likeness (QED) is 0.732. The second kappa shape index (κ2) is 4.46. The third-order valence-corrected chi connectivity index (χ3v) is 2.63. The average molecular weight is 239 g/mol. The molecule has 1 aromatic carbocycles. The second-order valence-electron chi connectivity index (χ2n) is 3.95. The maximum absolute atomic E-state index is 5.56. The number of rotatable bonds is 3. The molecular formula is C13H13N5. The molecule has 2 aromatic heterocycles. The Labute approximate surface area is 104 Å². The van der Waals surface area contributed by atoms with E-state index in [9.17, 15) is 0 Å². The lowest BCUT2D eigenvalue weighted by atomic mass is 10.3. The number of nitrogens with two attached hydrogens (primary N) is 1. The van der Waals surface area contributed by atoms with E-state index in [1.54, 1.807) is 4.52 Å². The molecule has 0 aliphatic rings. The lowest BCUT2D eigenvalue weighted by molar-refractivity contribution is 0.934. The molecule has 0 amide bonds. The third-order valence-electron chi connectivity index (χ3n) is 2.63. The summed E-state index contributed by atoms with van der Waals surface area (Å²) in [7, 11) is 0. The van der Waals surface area contributed by atoms with Crippen molar-refractivity contribution in [2.75, 3.05) is 5.32 Å². The van der Waals surface area contributed by atoms with Crippen LogP contribution >= 0.6 is 0 Å². The Balaban J connectivity index is 1.93. The molecule has 0 bridgehead atoms. The molecule has 0 aliphatic carbocycles. The van der Waals surface area contributed by atoms with Crippen molar-refractivity contribution in [2.45, 2.75) is 6.54 Å². The van der Waals surface area contributed by atoms with E-state index >= 15 is 0 Å². The first kappa shape index (κ1) is 10.7. The summed E-state index contributed by atoms with van der Waals surface area (Å²) < 4.78 is 1.73. The Morgan fingerprint density at radius 1 is 1.11 bits per heavy atom. The van der Waals surface area contributed by atoms with E-state index in [1.807, 2.05) is 48.7 Å². The van der Waals surface area contributed by atoms with Crippen molar-refractivity contribution < 1.29 is 0 Å².